The molecular formula is C18H16Cl2N2O2. The summed E-state index contributed by atoms with van der Waals surface area (Å²) in [6.45, 7) is 0.379. The first-order valence-electron chi connectivity index (χ1n) is 7.38. The fraction of sp³-hybridized carbons (Fsp3) is 0.222. The molecule has 0 saturated carbocycles. The minimum atomic E-state index is -0.214. The molecule has 0 radical (unpaired) electrons. The van der Waals surface area contributed by atoms with Gasteiger partial charge in [-0.1, -0.05) is 47.5 Å². The molecule has 2 rings (SSSR count). The molecule has 0 aliphatic carbocycles. The summed E-state index contributed by atoms with van der Waals surface area (Å²) in [6.07, 6.45) is 0.945. The second-order valence-corrected chi connectivity index (χ2v) is 5.87. The average Bonchev–Trinajstić information content (AvgIpc) is 2.58. The summed E-state index contributed by atoms with van der Waals surface area (Å²) >= 11 is 12.0. The zero-order chi connectivity index (χ0) is 17.4. The highest BCUT2D eigenvalue weighted by molar-refractivity contribution is 6.42. The maximum Gasteiger partial charge on any atom is 0.257 e. The van der Waals surface area contributed by atoms with Gasteiger partial charge < -0.3 is 10.1 Å². The number of rotatable bonds is 7. The van der Waals surface area contributed by atoms with E-state index in [1.54, 1.807) is 30.3 Å². The van der Waals surface area contributed by atoms with Crippen molar-refractivity contribution < 1.29 is 9.53 Å². The van der Waals surface area contributed by atoms with Gasteiger partial charge in [0.25, 0.3) is 5.91 Å². The number of hydrogen-bond acceptors (Lipinski definition) is 3. The first-order chi connectivity index (χ1) is 11.6. The summed E-state index contributed by atoms with van der Waals surface area (Å²) in [7, 11) is 0. The molecule has 0 atom stereocenters. The predicted molar refractivity (Wildman–Crippen MR) is 94.4 cm³/mol. The van der Waals surface area contributed by atoms with E-state index < -0.39 is 0 Å². The van der Waals surface area contributed by atoms with Crippen molar-refractivity contribution in [2.45, 2.75) is 12.8 Å². The van der Waals surface area contributed by atoms with Crippen LogP contribution in [0.25, 0.3) is 0 Å². The number of nitrogens with one attached hydrogen (secondary N) is 1. The topological polar surface area (TPSA) is 62.1 Å². The van der Waals surface area contributed by atoms with Crippen LogP contribution in [0.5, 0.6) is 5.75 Å². The highest BCUT2D eigenvalue weighted by Gasteiger charge is 2.06. The number of benzene rings is 2. The summed E-state index contributed by atoms with van der Waals surface area (Å²) in [6, 6.07) is 14.6. The van der Waals surface area contributed by atoms with Gasteiger partial charge in [0.15, 0.2) is 6.61 Å². The van der Waals surface area contributed by atoms with E-state index in [1.807, 2.05) is 12.1 Å². The van der Waals surface area contributed by atoms with Gasteiger partial charge in [-0.25, -0.2) is 0 Å². The molecule has 6 heteroatoms. The highest BCUT2D eigenvalue weighted by Crippen LogP contribution is 2.25. The zero-order valence-corrected chi connectivity index (χ0v) is 14.4. The van der Waals surface area contributed by atoms with Crippen molar-refractivity contribution in [3.8, 4) is 11.8 Å². The Labute approximate surface area is 151 Å². The molecule has 2 aromatic carbocycles. The van der Waals surface area contributed by atoms with Gasteiger partial charge in [-0.05, 0) is 35.7 Å². The van der Waals surface area contributed by atoms with Gasteiger partial charge in [-0.15, -0.1) is 0 Å². The van der Waals surface area contributed by atoms with Crippen LogP contribution in [0.3, 0.4) is 0 Å². The van der Waals surface area contributed by atoms with Crippen LogP contribution in [0.2, 0.25) is 10.0 Å². The minimum Gasteiger partial charge on any atom is -0.484 e. The van der Waals surface area contributed by atoms with E-state index in [1.165, 1.54) is 0 Å². The van der Waals surface area contributed by atoms with Gasteiger partial charge in [0, 0.05) is 6.54 Å². The highest BCUT2D eigenvalue weighted by atomic mass is 35.5. The third-order valence-corrected chi connectivity index (χ3v) is 4.18. The lowest BCUT2D eigenvalue weighted by Crippen LogP contribution is -2.30. The molecule has 0 heterocycles. The number of amides is 1. The standard InChI is InChI=1S/C18H16Cl2N2O2/c19-16-3-1-2-14(18(16)20)9-11-22-17(23)12-24-15-6-4-13(5-7-15)8-10-21/h1-7H,8-9,11-12H2,(H,22,23). The van der Waals surface area contributed by atoms with Crippen LogP contribution in [0.15, 0.2) is 42.5 Å². The maximum absolute atomic E-state index is 11.8. The van der Waals surface area contributed by atoms with Gasteiger partial charge in [0.2, 0.25) is 0 Å². The summed E-state index contributed by atoms with van der Waals surface area (Å²) < 4.78 is 5.40. The fourth-order valence-corrected chi connectivity index (χ4v) is 2.49. The van der Waals surface area contributed by atoms with Crippen LogP contribution < -0.4 is 10.1 Å². The first-order valence-corrected chi connectivity index (χ1v) is 8.14. The van der Waals surface area contributed by atoms with Crippen LogP contribution in [0.1, 0.15) is 11.1 Å². The van der Waals surface area contributed by atoms with Crippen LogP contribution in [-0.4, -0.2) is 19.1 Å². The van der Waals surface area contributed by atoms with Crippen molar-refractivity contribution >= 4 is 29.1 Å². The van der Waals surface area contributed by atoms with E-state index in [4.69, 9.17) is 33.2 Å². The molecule has 0 spiro atoms. The molecule has 1 amide bonds. The number of nitriles is 1. The SMILES string of the molecule is N#CCc1ccc(OCC(=O)NCCc2cccc(Cl)c2Cl)cc1. The van der Waals surface area contributed by atoms with Gasteiger partial charge in [-0.3, -0.25) is 4.79 Å². The molecule has 0 unspecified atom stereocenters. The van der Waals surface area contributed by atoms with Gasteiger partial charge >= 0.3 is 0 Å². The molecular weight excluding hydrogens is 347 g/mol. The minimum absolute atomic E-state index is 0.0686. The maximum atomic E-state index is 11.8. The molecule has 0 aromatic heterocycles. The van der Waals surface area contributed by atoms with E-state index in [0.29, 0.717) is 35.2 Å². The summed E-state index contributed by atoms with van der Waals surface area (Å²) in [4.78, 5) is 11.8. The molecule has 2 aromatic rings. The van der Waals surface area contributed by atoms with Crippen molar-refractivity contribution in [3.63, 3.8) is 0 Å². The van der Waals surface area contributed by atoms with E-state index in [0.717, 1.165) is 11.1 Å². The van der Waals surface area contributed by atoms with Gasteiger partial charge in [0.1, 0.15) is 5.75 Å². The Morgan fingerprint density at radius 3 is 2.62 bits per heavy atom. The lowest BCUT2D eigenvalue weighted by molar-refractivity contribution is -0.123. The van der Waals surface area contributed by atoms with E-state index in [2.05, 4.69) is 11.4 Å². The zero-order valence-electron chi connectivity index (χ0n) is 12.9. The summed E-state index contributed by atoms with van der Waals surface area (Å²) in [5, 5.41) is 12.4. The number of ether oxygens (including phenoxy) is 1. The number of hydrogen-bond donors (Lipinski definition) is 1. The molecule has 24 heavy (non-hydrogen) atoms. The Bertz CT molecular complexity index is 740. The fourth-order valence-electron chi connectivity index (χ4n) is 2.07. The largest absolute Gasteiger partial charge is 0.484 e. The summed E-state index contributed by atoms with van der Waals surface area (Å²) in [5.41, 5.74) is 1.80. The monoisotopic (exact) mass is 362 g/mol. The van der Waals surface area contributed by atoms with Crippen molar-refractivity contribution in [1.29, 1.82) is 5.26 Å². The predicted octanol–water partition coefficient (Wildman–Crippen LogP) is 3.80. The van der Waals surface area contributed by atoms with E-state index >= 15 is 0 Å². The van der Waals surface area contributed by atoms with Crippen LogP contribution in [0, 0.1) is 11.3 Å². The normalized spacial score (nSPS) is 10.0. The Balaban J connectivity index is 1.73. The molecule has 0 fully saturated rings. The van der Waals surface area contributed by atoms with Crippen molar-refractivity contribution in [2.75, 3.05) is 13.2 Å². The third-order valence-electron chi connectivity index (χ3n) is 3.32. The second-order valence-electron chi connectivity index (χ2n) is 5.08. The Kier molecular flexibility index (Phi) is 6.92. The Morgan fingerprint density at radius 2 is 1.92 bits per heavy atom. The lowest BCUT2D eigenvalue weighted by atomic mass is 10.1. The second kappa shape index (κ2) is 9.17. The quantitative estimate of drug-likeness (QED) is 0.814. The molecule has 124 valence electrons. The lowest BCUT2D eigenvalue weighted by Gasteiger charge is -2.09. The van der Waals surface area contributed by atoms with Crippen LogP contribution in [0.4, 0.5) is 0 Å². The Hall–Kier alpha value is -2.22. The van der Waals surface area contributed by atoms with Gasteiger partial charge in [-0.2, -0.15) is 5.26 Å². The smallest absolute Gasteiger partial charge is 0.257 e. The average molecular weight is 363 g/mol. The molecule has 4 nitrogen and oxygen atoms in total. The first kappa shape index (κ1) is 18.1. The number of nitrogens with zero attached hydrogens (tertiary/aromatic N) is 1. The van der Waals surface area contributed by atoms with Crippen molar-refractivity contribution in [3.05, 3.63) is 63.6 Å². The molecule has 0 aliphatic heterocycles. The molecule has 0 saturated heterocycles. The van der Waals surface area contributed by atoms with E-state index in [-0.39, 0.29) is 12.5 Å². The number of carbonyl (C=O) groups excluding carboxylic acids is 1. The summed E-state index contributed by atoms with van der Waals surface area (Å²) in [5.74, 6) is 0.374. The molecule has 0 aliphatic rings. The molecule has 0 bridgehead atoms. The van der Waals surface area contributed by atoms with Crippen molar-refractivity contribution in [2.24, 2.45) is 0 Å². The van der Waals surface area contributed by atoms with Gasteiger partial charge in [0.05, 0.1) is 22.5 Å². The number of halogens is 2. The number of carbonyl (C=O) groups is 1. The third kappa shape index (κ3) is 5.45. The van der Waals surface area contributed by atoms with Crippen molar-refractivity contribution in [1.82, 2.24) is 5.32 Å². The van der Waals surface area contributed by atoms with Crippen LogP contribution in [-0.2, 0) is 17.6 Å². The Morgan fingerprint density at radius 1 is 1.17 bits per heavy atom. The molecule has 1 N–H and O–H groups in total. The van der Waals surface area contributed by atoms with E-state index in [9.17, 15) is 4.79 Å². The van der Waals surface area contributed by atoms with Crippen LogP contribution >= 0.6 is 23.2 Å².